The van der Waals surface area contributed by atoms with E-state index in [1.807, 2.05) is 0 Å². The summed E-state index contributed by atoms with van der Waals surface area (Å²) in [6.45, 7) is 4.32. The highest BCUT2D eigenvalue weighted by Gasteiger charge is 2.25. The Labute approximate surface area is 187 Å². The molecular formula is C30H32N+. The topological polar surface area (TPSA) is 3.88 Å². The van der Waals surface area contributed by atoms with Crippen LogP contribution in [0.4, 0.5) is 0 Å². The summed E-state index contributed by atoms with van der Waals surface area (Å²) in [7, 11) is 2.13. The van der Waals surface area contributed by atoms with Gasteiger partial charge >= 0.3 is 0 Å². The lowest BCUT2D eigenvalue weighted by Crippen LogP contribution is -2.32. The molecule has 1 aliphatic rings. The van der Waals surface area contributed by atoms with Crippen molar-refractivity contribution < 1.29 is 5.94 Å². The average Bonchev–Trinajstić information content (AvgIpc) is 2.80. The van der Waals surface area contributed by atoms with Crippen LogP contribution in [0, 0.1) is 13.8 Å². The Morgan fingerprint density at radius 2 is 1.55 bits per heavy atom. The average molecular weight is 408 g/mol. The minimum atomic E-state index is -0.516. The van der Waals surface area contributed by atoms with Crippen molar-refractivity contribution in [2.45, 2.75) is 51.8 Å². The second kappa shape index (κ2) is 8.30. The monoisotopic (exact) mass is 407 g/mol. The number of aryl methyl sites for hydroxylation is 3. The zero-order valence-corrected chi connectivity index (χ0v) is 18.9. The van der Waals surface area contributed by atoms with Gasteiger partial charge < -0.3 is 0 Å². The largest absolute Gasteiger partial charge is 0.213 e. The molecule has 1 aliphatic carbocycles. The molecule has 0 saturated heterocycles. The lowest BCUT2D eigenvalue weighted by atomic mass is 9.81. The molecule has 0 unspecified atom stereocenters. The smallest absolute Gasteiger partial charge is 0.201 e. The van der Waals surface area contributed by atoms with E-state index in [9.17, 15) is 1.37 Å². The third kappa shape index (κ3) is 3.90. The van der Waals surface area contributed by atoms with Crippen LogP contribution in [0.1, 0.15) is 56.1 Å². The summed E-state index contributed by atoms with van der Waals surface area (Å²) >= 11 is 0. The number of nitrogens with zero attached hydrogens (tertiary/aromatic N) is 1. The Morgan fingerprint density at radius 1 is 0.806 bits per heavy atom. The Hall–Kier alpha value is -2.93. The predicted octanol–water partition coefficient (Wildman–Crippen LogP) is 7.66. The highest BCUT2D eigenvalue weighted by molar-refractivity contribution is 5.88. The number of hydrogen-bond donors (Lipinski definition) is 0. The van der Waals surface area contributed by atoms with Crippen LogP contribution < -0.4 is 4.57 Å². The van der Waals surface area contributed by atoms with Gasteiger partial charge in [-0.25, -0.2) is 4.57 Å². The third-order valence-corrected chi connectivity index (χ3v) is 6.84. The number of fused-ring (bicyclic) bond motifs is 1. The van der Waals surface area contributed by atoms with Crippen LogP contribution in [0.25, 0.3) is 33.2 Å². The Morgan fingerprint density at radius 3 is 2.35 bits per heavy atom. The van der Waals surface area contributed by atoms with Gasteiger partial charge in [0.1, 0.15) is 7.05 Å². The molecule has 0 bridgehead atoms. The van der Waals surface area contributed by atoms with Gasteiger partial charge in [0.25, 0.3) is 0 Å². The van der Waals surface area contributed by atoms with Crippen molar-refractivity contribution in [2.24, 2.45) is 7.05 Å². The Bertz CT molecular complexity index is 1300. The summed E-state index contributed by atoms with van der Waals surface area (Å²) in [6, 6.07) is 24.4. The molecule has 3 aromatic carbocycles. The summed E-state index contributed by atoms with van der Waals surface area (Å²) in [5.74, 6) is -0.516. The molecule has 1 heteroatoms. The highest BCUT2D eigenvalue weighted by Crippen LogP contribution is 2.39. The molecule has 1 nitrogen and oxygen atoms in total. The molecule has 1 aromatic heterocycles. The van der Waals surface area contributed by atoms with Crippen molar-refractivity contribution in [3.8, 4) is 22.4 Å². The van der Waals surface area contributed by atoms with Gasteiger partial charge in [-0.2, -0.15) is 0 Å². The molecule has 1 saturated carbocycles. The molecule has 31 heavy (non-hydrogen) atoms. The first-order valence-electron chi connectivity index (χ1n) is 12.1. The van der Waals surface area contributed by atoms with Crippen molar-refractivity contribution >= 4 is 10.8 Å². The maximum absolute atomic E-state index is 9.44. The molecule has 0 aliphatic heterocycles. The van der Waals surface area contributed by atoms with Crippen LogP contribution in [-0.2, 0) is 7.05 Å². The van der Waals surface area contributed by atoms with Crippen LogP contribution in [0.2, 0.25) is 0 Å². The molecular weight excluding hydrogens is 374 g/mol. The zero-order valence-electron chi connectivity index (χ0n) is 19.9. The van der Waals surface area contributed by atoms with Gasteiger partial charge in [-0.1, -0.05) is 73.4 Å². The van der Waals surface area contributed by atoms with E-state index in [-0.39, 0.29) is 0 Å². The van der Waals surface area contributed by atoms with Gasteiger partial charge in [0.15, 0.2) is 6.20 Å². The van der Waals surface area contributed by atoms with E-state index in [1.54, 1.807) is 0 Å². The van der Waals surface area contributed by atoms with Crippen LogP contribution in [-0.4, -0.2) is 0 Å². The quantitative estimate of drug-likeness (QED) is 0.307. The SMILES string of the molecule is [2H]C1(c2c[n+](C)c(-c3ccccc3C)cc2-c2ccc3cc(C)ccc3c2)CCCCC1. The molecule has 156 valence electrons. The first-order valence-corrected chi connectivity index (χ1v) is 11.6. The van der Waals surface area contributed by atoms with Crippen molar-refractivity contribution in [3.63, 3.8) is 0 Å². The number of pyridine rings is 1. The number of benzene rings is 3. The minimum Gasteiger partial charge on any atom is -0.201 e. The van der Waals surface area contributed by atoms with E-state index in [0.717, 1.165) is 25.7 Å². The summed E-state index contributed by atoms with van der Waals surface area (Å²) in [4.78, 5) is 0. The van der Waals surface area contributed by atoms with Crippen molar-refractivity contribution in [3.05, 3.63) is 89.6 Å². The van der Waals surface area contributed by atoms with Crippen LogP contribution in [0.15, 0.2) is 72.9 Å². The molecule has 1 fully saturated rings. The van der Waals surface area contributed by atoms with E-state index in [2.05, 4.69) is 98.4 Å². The first-order chi connectivity index (χ1) is 15.4. The number of rotatable bonds is 3. The molecule has 0 atom stereocenters. The minimum absolute atomic E-state index is 0.516. The van der Waals surface area contributed by atoms with E-state index in [1.165, 1.54) is 56.3 Å². The fraction of sp³-hybridized carbons (Fsp3) is 0.300. The van der Waals surface area contributed by atoms with Crippen molar-refractivity contribution in [1.82, 2.24) is 0 Å². The van der Waals surface area contributed by atoms with E-state index in [4.69, 9.17) is 0 Å². The van der Waals surface area contributed by atoms with Gasteiger partial charge in [-0.15, -0.1) is 0 Å². The Balaban J connectivity index is 1.75. The van der Waals surface area contributed by atoms with Crippen LogP contribution >= 0.6 is 0 Å². The van der Waals surface area contributed by atoms with Gasteiger partial charge in [-0.05, 0) is 72.2 Å². The van der Waals surface area contributed by atoms with Crippen molar-refractivity contribution in [2.75, 3.05) is 0 Å². The number of hydrogen-bond acceptors (Lipinski definition) is 0. The van der Waals surface area contributed by atoms with Gasteiger partial charge in [0.2, 0.25) is 5.69 Å². The first kappa shape index (κ1) is 18.8. The molecule has 0 radical (unpaired) electrons. The molecule has 0 spiro atoms. The molecule has 4 aromatic rings. The summed E-state index contributed by atoms with van der Waals surface area (Å²) in [5.41, 5.74) is 8.60. The normalized spacial score (nSPS) is 16.3. The van der Waals surface area contributed by atoms with E-state index in [0.29, 0.717) is 0 Å². The summed E-state index contributed by atoms with van der Waals surface area (Å²) < 4.78 is 11.7. The molecule has 1 heterocycles. The van der Waals surface area contributed by atoms with Crippen LogP contribution in [0.5, 0.6) is 0 Å². The molecule has 0 amide bonds. The lowest BCUT2D eigenvalue weighted by molar-refractivity contribution is -0.660. The second-order valence-corrected chi connectivity index (χ2v) is 9.14. The van der Waals surface area contributed by atoms with Crippen LogP contribution in [0.3, 0.4) is 0 Å². The maximum atomic E-state index is 9.44. The summed E-state index contributed by atoms with van der Waals surface area (Å²) in [6.07, 6.45) is 7.66. The Kier molecular flexibility index (Phi) is 5.04. The molecule has 5 rings (SSSR count). The van der Waals surface area contributed by atoms with E-state index < -0.39 is 5.89 Å². The lowest BCUT2D eigenvalue weighted by Gasteiger charge is -2.24. The fourth-order valence-electron chi connectivity index (χ4n) is 5.08. The number of aromatic nitrogens is 1. The predicted molar refractivity (Wildman–Crippen MR) is 131 cm³/mol. The standard InChI is InChI=1S/C30H32N/c1-21-13-14-25-18-26(16-15-24(25)17-21)28-19-30(27-12-8-7-9-22(27)2)31(3)20-29(28)23-10-5-4-6-11-23/h7-9,12-20,23H,4-6,10-11H2,1-3H3/q+1/i23D. The van der Waals surface area contributed by atoms with Crippen molar-refractivity contribution in [1.29, 1.82) is 0 Å². The molecule has 0 N–H and O–H groups in total. The van der Waals surface area contributed by atoms with Gasteiger partial charge in [0, 0.05) is 18.6 Å². The fourth-order valence-corrected chi connectivity index (χ4v) is 5.08. The third-order valence-electron chi connectivity index (χ3n) is 6.84. The second-order valence-electron chi connectivity index (χ2n) is 9.14. The highest BCUT2D eigenvalue weighted by atomic mass is 14.9. The zero-order chi connectivity index (χ0) is 22.3. The van der Waals surface area contributed by atoms with Gasteiger partial charge in [0.05, 0.1) is 0 Å². The maximum Gasteiger partial charge on any atom is 0.213 e. The van der Waals surface area contributed by atoms with Gasteiger partial charge in [-0.3, -0.25) is 0 Å². The summed E-state index contributed by atoms with van der Waals surface area (Å²) in [5, 5.41) is 2.53. The van der Waals surface area contributed by atoms with E-state index >= 15 is 0 Å².